The van der Waals surface area contributed by atoms with E-state index in [9.17, 15) is 23.5 Å². The highest BCUT2D eigenvalue weighted by molar-refractivity contribution is 6.11. The molecule has 1 atom stereocenters. The van der Waals surface area contributed by atoms with Gasteiger partial charge in [-0.15, -0.1) is 12.4 Å². The number of hydrogen-bond acceptors (Lipinski definition) is 4. The summed E-state index contributed by atoms with van der Waals surface area (Å²) in [5, 5.41) is 11.8. The Morgan fingerprint density at radius 3 is 2.16 bits per heavy atom. The number of halogens is 3. The number of primary amides is 1. The molecule has 1 unspecified atom stereocenters. The Kier molecular flexibility index (Phi) is 7.03. The molecule has 3 fully saturated rings. The van der Waals surface area contributed by atoms with Crippen LogP contribution in [0.3, 0.4) is 0 Å². The van der Waals surface area contributed by atoms with Crippen molar-refractivity contribution in [1.82, 2.24) is 4.90 Å². The number of carbonyl (C=O) groups excluding carboxylic acids is 2. The summed E-state index contributed by atoms with van der Waals surface area (Å²) < 4.78 is 29.9. The van der Waals surface area contributed by atoms with E-state index in [0.717, 1.165) is 49.9 Å². The lowest BCUT2D eigenvalue weighted by atomic mass is 9.78. The number of nitrogens with zero attached hydrogens (tertiary/aromatic N) is 2. The van der Waals surface area contributed by atoms with Crippen LogP contribution < -0.4 is 10.6 Å². The second kappa shape index (κ2) is 9.88. The van der Waals surface area contributed by atoms with Crippen LogP contribution in [0.2, 0.25) is 0 Å². The largest absolute Gasteiger partial charge is 0.371 e. The average Bonchev–Trinajstić information content (AvgIpc) is 3.74. The topological polar surface area (TPSA) is 86.9 Å². The van der Waals surface area contributed by atoms with Crippen molar-refractivity contribution in [2.75, 3.05) is 24.5 Å². The maximum atomic E-state index is 14.9. The number of fused-ring (bicyclic) bond motifs is 1. The third kappa shape index (κ3) is 4.61. The van der Waals surface area contributed by atoms with Crippen molar-refractivity contribution in [2.45, 2.75) is 57.1 Å². The lowest BCUT2D eigenvalue weighted by Gasteiger charge is -2.44. The summed E-state index contributed by atoms with van der Waals surface area (Å²) in [6, 6.07) is 6.65. The summed E-state index contributed by atoms with van der Waals surface area (Å²) >= 11 is 0. The second-order valence-corrected chi connectivity index (χ2v) is 11.6. The van der Waals surface area contributed by atoms with E-state index in [0.29, 0.717) is 23.8 Å². The molecule has 2 aromatic carbocycles. The number of hydrogen-bond donors (Lipinski definition) is 2. The highest BCUT2D eigenvalue weighted by Gasteiger charge is 2.55. The van der Waals surface area contributed by atoms with Crippen molar-refractivity contribution in [3.05, 3.63) is 64.2 Å². The summed E-state index contributed by atoms with van der Waals surface area (Å²) in [7, 11) is 0. The van der Waals surface area contributed by atoms with E-state index in [2.05, 4.69) is 4.90 Å². The van der Waals surface area contributed by atoms with Crippen molar-refractivity contribution in [3.8, 4) is 0 Å². The molecular weight excluding hydrogens is 512 g/mol. The van der Waals surface area contributed by atoms with Crippen LogP contribution in [-0.4, -0.2) is 47.5 Å². The van der Waals surface area contributed by atoms with E-state index >= 15 is 0 Å². The van der Waals surface area contributed by atoms with Gasteiger partial charge >= 0.3 is 0 Å². The van der Waals surface area contributed by atoms with Gasteiger partial charge in [0.05, 0.1) is 11.3 Å². The van der Waals surface area contributed by atoms with E-state index < -0.39 is 34.6 Å². The van der Waals surface area contributed by atoms with Gasteiger partial charge in [-0.25, -0.2) is 8.78 Å². The zero-order valence-electron chi connectivity index (χ0n) is 21.5. The van der Waals surface area contributed by atoms with E-state index in [1.54, 1.807) is 6.92 Å². The van der Waals surface area contributed by atoms with E-state index in [1.165, 1.54) is 48.8 Å². The van der Waals surface area contributed by atoms with Crippen LogP contribution in [0.4, 0.5) is 14.5 Å². The number of rotatable bonds is 9. The first-order valence-corrected chi connectivity index (χ1v) is 13.3. The van der Waals surface area contributed by atoms with Gasteiger partial charge in [-0.05, 0) is 93.0 Å². The van der Waals surface area contributed by atoms with Crippen LogP contribution in [0.25, 0.3) is 0 Å². The van der Waals surface area contributed by atoms with Crippen LogP contribution in [0.15, 0.2) is 30.3 Å². The zero-order valence-corrected chi connectivity index (χ0v) is 22.3. The molecule has 0 spiro atoms. The van der Waals surface area contributed by atoms with Gasteiger partial charge in [0, 0.05) is 36.8 Å². The molecule has 2 aromatic rings. The van der Waals surface area contributed by atoms with Gasteiger partial charge in [0.2, 0.25) is 11.5 Å². The third-order valence-electron chi connectivity index (χ3n) is 8.68. The summed E-state index contributed by atoms with van der Waals surface area (Å²) in [5.41, 5.74) is 3.26. The molecule has 0 aromatic heterocycles. The van der Waals surface area contributed by atoms with E-state index in [1.807, 2.05) is 0 Å². The third-order valence-corrected chi connectivity index (χ3v) is 8.68. The minimum Gasteiger partial charge on any atom is -0.371 e. The molecule has 0 bridgehead atoms. The van der Waals surface area contributed by atoms with Gasteiger partial charge in [-0.2, -0.15) is 0 Å². The molecule has 3 saturated carbocycles. The minimum atomic E-state index is -2.53. The molecule has 3 N–H and O–H groups in total. The number of benzene rings is 2. The van der Waals surface area contributed by atoms with Crippen molar-refractivity contribution in [3.63, 3.8) is 0 Å². The lowest BCUT2D eigenvalue weighted by molar-refractivity contribution is -0.133. The Morgan fingerprint density at radius 1 is 1.05 bits per heavy atom. The van der Waals surface area contributed by atoms with Crippen LogP contribution >= 0.6 is 12.4 Å². The Bertz CT molecular complexity index is 1240. The summed E-state index contributed by atoms with van der Waals surface area (Å²) in [5.74, 6) is -1.66. The summed E-state index contributed by atoms with van der Waals surface area (Å²) in [6.07, 6.45) is 7.09. The van der Waals surface area contributed by atoms with Crippen molar-refractivity contribution in [2.24, 2.45) is 23.5 Å². The number of aryl methyl sites for hydroxylation is 1. The highest BCUT2D eigenvalue weighted by atomic mass is 35.5. The van der Waals surface area contributed by atoms with Gasteiger partial charge in [0.15, 0.2) is 0 Å². The Balaban J connectivity index is 0.00000294. The molecule has 0 radical (unpaired) electrons. The Morgan fingerprint density at radius 2 is 1.63 bits per heavy atom. The predicted octanol–water partition coefficient (Wildman–Crippen LogP) is 4.28. The molecule has 2 amide bonds. The SMILES string of the molecule is Cc1cc(C(N)=O)cc2c1C(O)(c1c(F)cccc1F)C(=O)N2CC1CC(N(CC2CC2)CC2CC2)C1.Cl. The Labute approximate surface area is 227 Å². The van der Waals surface area contributed by atoms with Crippen LogP contribution in [0.1, 0.15) is 65.6 Å². The number of carbonyl (C=O) groups is 2. The fourth-order valence-corrected chi connectivity index (χ4v) is 6.31. The first kappa shape index (κ1) is 27.0. The summed E-state index contributed by atoms with van der Waals surface area (Å²) in [4.78, 5) is 29.9. The van der Waals surface area contributed by atoms with Gasteiger partial charge in [0.1, 0.15) is 11.6 Å². The number of aliphatic hydroxyl groups is 1. The van der Waals surface area contributed by atoms with Gasteiger partial charge in [-0.1, -0.05) is 6.07 Å². The monoisotopic (exact) mass is 545 g/mol. The molecule has 204 valence electrons. The standard InChI is InChI=1S/C29H33F2N3O3.ClH/c1-16-9-20(27(32)35)12-24-25(16)29(37,26-22(30)3-2-4-23(26)31)28(36)34(24)15-19-10-21(11-19)33(13-17-5-6-17)14-18-7-8-18;/h2-4,9,12,17-19,21,37H,5-8,10-11,13-15H2,1H3,(H2,32,35);1H. The average molecular weight is 546 g/mol. The molecule has 1 aliphatic heterocycles. The van der Waals surface area contributed by atoms with Crippen LogP contribution in [0, 0.1) is 36.3 Å². The van der Waals surface area contributed by atoms with Crippen molar-refractivity contribution < 1.29 is 23.5 Å². The molecule has 0 saturated heterocycles. The lowest BCUT2D eigenvalue weighted by Crippen LogP contribution is -2.51. The fourth-order valence-electron chi connectivity index (χ4n) is 6.31. The minimum absolute atomic E-state index is 0. The normalized spacial score (nSPS) is 26.2. The van der Waals surface area contributed by atoms with Crippen LogP contribution in [-0.2, 0) is 10.4 Å². The molecule has 4 aliphatic rings. The van der Waals surface area contributed by atoms with E-state index in [-0.39, 0.29) is 29.5 Å². The van der Waals surface area contributed by atoms with Crippen LogP contribution in [0.5, 0.6) is 0 Å². The first-order valence-electron chi connectivity index (χ1n) is 13.3. The van der Waals surface area contributed by atoms with Gasteiger partial charge < -0.3 is 15.7 Å². The van der Waals surface area contributed by atoms with Crippen molar-refractivity contribution >= 4 is 29.9 Å². The van der Waals surface area contributed by atoms with Crippen molar-refractivity contribution in [1.29, 1.82) is 0 Å². The highest BCUT2D eigenvalue weighted by Crippen LogP contribution is 2.49. The van der Waals surface area contributed by atoms with E-state index in [4.69, 9.17) is 5.73 Å². The predicted molar refractivity (Wildman–Crippen MR) is 142 cm³/mol. The van der Waals surface area contributed by atoms with Gasteiger partial charge in [-0.3, -0.25) is 14.5 Å². The van der Waals surface area contributed by atoms with Gasteiger partial charge in [0.25, 0.3) is 5.91 Å². The molecule has 3 aliphatic carbocycles. The first-order chi connectivity index (χ1) is 17.7. The molecule has 1 heterocycles. The molecule has 6 nitrogen and oxygen atoms in total. The molecule has 6 rings (SSSR count). The molecule has 38 heavy (non-hydrogen) atoms. The smallest absolute Gasteiger partial charge is 0.268 e. The molecular formula is C29H34ClF2N3O3. The quantitative estimate of drug-likeness (QED) is 0.492. The number of amides is 2. The maximum absolute atomic E-state index is 14.9. The Hall–Kier alpha value is -2.55. The number of anilines is 1. The maximum Gasteiger partial charge on any atom is 0.268 e. The second-order valence-electron chi connectivity index (χ2n) is 11.6. The fraction of sp³-hybridized carbons (Fsp3) is 0.517. The summed E-state index contributed by atoms with van der Waals surface area (Å²) in [6.45, 7) is 4.21. The number of nitrogens with two attached hydrogens (primary N) is 1. The zero-order chi connectivity index (χ0) is 26.1. The molecule has 9 heteroatoms.